The SMILES string of the molecule is CC(C)(C)OC(=O)N1C[C@H]2CC[C@@H](C1)[C@@H]2Nc1nc2n(n1)CC(C(F)(F)F)CC2c1ccc(F)c(F)c1F. The summed E-state index contributed by atoms with van der Waals surface area (Å²) < 4.78 is 89.9. The fourth-order valence-electron chi connectivity index (χ4n) is 5.88. The first-order chi connectivity index (χ1) is 17.7. The van der Waals surface area contributed by atoms with Gasteiger partial charge in [-0.3, -0.25) is 0 Å². The van der Waals surface area contributed by atoms with Crippen molar-refractivity contribution >= 4 is 12.0 Å². The molecule has 2 aliphatic heterocycles. The van der Waals surface area contributed by atoms with Crippen LogP contribution in [0.3, 0.4) is 0 Å². The van der Waals surface area contributed by atoms with Crippen LogP contribution in [0.5, 0.6) is 0 Å². The first kappa shape index (κ1) is 26.6. The number of amides is 1. The predicted octanol–water partition coefficient (Wildman–Crippen LogP) is 5.47. The summed E-state index contributed by atoms with van der Waals surface area (Å²) in [6, 6.07) is 1.53. The standard InChI is InChI=1S/C25H29F6N5O2/c1-24(2,3)38-23(37)35-9-12-4-5-13(10-35)20(12)32-22-33-21-16(15-6-7-17(26)19(28)18(15)27)8-14(25(29,30)31)11-36(21)34-22/h6-7,12-14,16,20H,4-5,8-11H2,1-3H3,(H,32,34)/t12-,13+,14?,16?,20-. The van der Waals surface area contributed by atoms with Crippen LogP contribution in [0.15, 0.2) is 12.1 Å². The largest absolute Gasteiger partial charge is 0.444 e. The number of nitrogens with one attached hydrogen (secondary N) is 1. The van der Waals surface area contributed by atoms with Crippen LogP contribution in [0.2, 0.25) is 0 Å². The molecular weight excluding hydrogens is 516 g/mol. The third-order valence-corrected chi connectivity index (χ3v) is 7.61. The summed E-state index contributed by atoms with van der Waals surface area (Å²) in [4.78, 5) is 18.6. The summed E-state index contributed by atoms with van der Waals surface area (Å²) in [6.07, 6.45) is -3.87. The number of carbonyl (C=O) groups excluding carboxylic acids is 1. The maximum absolute atomic E-state index is 14.6. The molecule has 0 spiro atoms. The summed E-state index contributed by atoms with van der Waals surface area (Å²) in [5, 5.41) is 7.49. The van der Waals surface area contributed by atoms with Gasteiger partial charge in [0.05, 0.1) is 12.5 Å². The Morgan fingerprint density at radius 3 is 2.29 bits per heavy atom. The quantitative estimate of drug-likeness (QED) is 0.409. The average molecular weight is 546 g/mol. The Kier molecular flexibility index (Phi) is 6.54. The number of halogens is 6. The van der Waals surface area contributed by atoms with Gasteiger partial charge < -0.3 is 15.0 Å². The minimum Gasteiger partial charge on any atom is -0.444 e. The van der Waals surface area contributed by atoms with Crippen LogP contribution < -0.4 is 5.32 Å². The number of rotatable bonds is 3. The number of piperidine rings is 1. The summed E-state index contributed by atoms with van der Waals surface area (Å²) in [7, 11) is 0. The zero-order valence-electron chi connectivity index (χ0n) is 21.2. The minimum atomic E-state index is -4.60. The van der Waals surface area contributed by atoms with Crippen molar-refractivity contribution in [3.05, 3.63) is 41.0 Å². The Balaban J connectivity index is 1.39. The Bertz CT molecular complexity index is 1210. The number of hydrogen-bond donors (Lipinski definition) is 1. The molecule has 1 N–H and O–H groups in total. The molecule has 1 amide bonds. The number of carbonyl (C=O) groups is 1. The van der Waals surface area contributed by atoms with E-state index in [0.29, 0.717) is 19.2 Å². The van der Waals surface area contributed by atoms with Gasteiger partial charge in [0, 0.05) is 30.6 Å². The zero-order valence-corrected chi connectivity index (χ0v) is 21.2. The maximum Gasteiger partial charge on any atom is 0.410 e. The fourth-order valence-corrected chi connectivity index (χ4v) is 5.88. The number of nitrogens with zero attached hydrogens (tertiary/aromatic N) is 4. The number of likely N-dealkylation sites (tertiary alicyclic amines) is 1. The number of benzene rings is 1. The van der Waals surface area contributed by atoms with Crippen molar-refractivity contribution in [2.75, 3.05) is 18.4 Å². The second-order valence-corrected chi connectivity index (χ2v) is 11.4. The van der Waals surface area contributed by atoms with E-state index in [9.17, 15) is 31.1 Å². The van der Waals surface area contributed by atoms with E-state index >= 15 is 0 Å². The highest BCUT2D eigenvalue weighted by atomic mass is 19.4. The van der Waals surface area contributed by atoms with Crippen LogP contribution in [0.25, 0.3) is 0 Å². The van der Waals surface area contributed by atoms with Crippen molar-refractivity contribution in [3.8, 4) is 0 Å². The summed E-state index contributed by atoms with van der Waals surface area (Å²) in [6.45, 7) is 5.78. The lowest BCUT2D eigenvalue weighted by molar-refractivity contribution is -0.184. The number of aromatic nitrogens is 3. The van der Waals surface area contributed by atoms with Crippen molar-refractivity contribution in [1.29, 1.82) is 0 Å². The third kappa shape index (κ3) is 5.03. The van der Waals surface area contributed by atoms with Gasteiger partial charge in [0.1, 0.15) is 11.4 Å². The van der Waals surface area contributed by atoms with E-state index in [2.05, 4.69) is 15.4 Å². The molecule has 2 bridgehead atoms. The van der Waals surface area contributed by atoms with Crippen molar-refractivity contribution in [2.45, 2.75) is 70.3 Å². The molecule has 1 aromatic carbocycles. The molecule has 208 valence electrons. The van der Waals surface area contributed by atoms with Gasteiger partial charge in [-0.05, 0) is 57.9 Å². The number of anilines is 1. The number of alkyl halides is 3. The van der Waals surface area contributed by atoms with Crippen LogP contribution in [-0.4, -0.2) is 56.7 Å². The molecule has 1 aromatic heterocycles. The highest BCUT2D eigenvalue weighted by Crippen LogP contribution is 2.44. The molecule has 38 heavy (non-hydrogen) atoms. The molecular formula is C25H29F6N5O2. The van der Waals surface area contributed by atoms with E-state index < -0.39 is 65.7 Å². The molecule has 3 aliphatic rings. The molecule has 2 fully saturated rings. The second-order valence-electron chi connectivity index (χ2n) is 11.4. The smallest absolute Gasteiger partial charge is 0.410 e. The molecule has 13 heteroatoms. The fraction of sp³-hybridized carbons (Fsp3) is 0.640. The van der Waals surface area contributed by atoms with Crippen molar-refractivity contribution in [1.82, 2.24) is 19.7 Å². The molecule has 1 saturated carbocycles. The van der Waals surface area contributed by atoms with Crippen LogP contribution in [0.4, 0.5) is 37.1 Å². The molecule has 5 rings (SSSR count). The van der Waals surface area contributed by atoms with Gasteiger partial charge in [0.15, 0.2) is 17.5 Å². The first-order valence-electron chi connectivity index (χ1n) is 12.6. The normalized spacial score (nSPS) is 27.3. The molecule has 7 nitrogen and oxygen atoms in total. The molecule has 2 unspecified atom stereocenters. The van der Waals surface area contributed by atoms with E-state index in [1.54, 1.807) is 25.7 Å². The maximum atomic E-state index is 14.6. The van der Waals surface area contributed by atoms with Crippen molar-refractivity contribution in [2.24, 2.45) is 17.8 Å². The predicted molar refractivity (Wildman–Crippen MR) is 124 cm³/mol. The van der Waals surface area contributed by atoms with Gasteiger partial charge in [-0.25, -0.2) is 22.6 Å². The van der Waals surface area contributed by atoms with E-state index in [1.807, 2.05) is 0 Å². The monoisotopic (exact) mass is 545 g/mol. The van der Waals surface area contributed by atoms with E-state index in [-0.39, 0.29) is 29.7 Å². The highest BCUT2D eigenvalue weighted by Gasteiger charge is 2.48. The molecule has 5 atom stereocenters. The lowest BCUT2D eigenvalue weighted by Gasteiger charge is -2.38. The van der Waals surface area contributed by atoms with Gasteiger partial charge in [0.2, 0.25) is 5.95 Å². The van der Waals surface area contributed by atoms with Gasteiger partial charge in [-0.15, -0.1) is 5.10 Å². The average Bonchev–Trinajstić information content (AvgIpc) is 3.31. The Morgan fingerprint density at radius 2 is 1.68 bits per heavy atom. The van der Waals surface area contributed by atoms with Gasteiger partial charge in [-0.1, -0.05) is 6.07 Å². The van der Waals surface area contributed by atoms with E-state index in [4.69, 9.17) is 4.74 Å². The van der Waals surface area contributed by atoms with Crippen LogP contribution in [0, 0.1) is 35.2 Å². The van der Waals surface area contributed by atoms with Crippen LogP contribution in [0.1, 0.15) is 57.3 Å². The van der Waals surface area contributed by atoms with E-state index in [1.165, 1.54) is 0 Å². The van der Waals surface area contributed by atoms with Crippen LogP contribution in [-0.2, 0) is 11.3 Å². The lowest BCUT2D eigenvalue weighted by atomic mass is 9.84. The minimum absolute atomic E-state index is 0.0523. The van der Waals surface area contributed by atoms with Crippen LogP contribution >= 0.6 is 0 Å². The highest BCUT2D eigenvalue weighted by molar-refractivity contribution is 5.68. The second kappa shape index (κ2) is 9.33. The molecule has 0 radical (unpaired) electrons. The summed E-state index contributed by atoms with van der Waals surface area (Å²) in [5.41, 5.74) is -1.02. The van der Waals surface area contributed by atoms with Crippen molar-refractivity contribution < 1.29 is 35.9 Å². The molecule has 3 heterocycles. The van der Waals surface area contributed by atoms with Crippen molar-refractivity contribution in [3.63, 3.8) is 0 Å². The molecule has 1 saturated heterocycles. The number of fused-ring (bicyclic) bond motifs is 3. The van der Waals surface area contributed by atoms with Gasteiger partial charge >= 0.3 is 12.3 Å². The van der Waals surface area contributed by atoms with Gasteiger partial charge in [-0.2, -0.15) is 18.2 Å². The van der Waals surface area contributed by atoms with E-state index in [0.717, 1.165) is 23.6 Å². The third-order valence-electron chi connectivity index (χ3n) is 7.61. The topological polar surface area (TPSA) is 72.3 Å². The summed E-state index contributed by atoms with van der Waals surface area (Å²) in [5.74, 6) is -7.57. The Labute approximate surface area is 215 Å². The summed E-state index contributed by atoms with van der Waals surface area (Å²) >= 11 is 0. The zero-order chi connectivity index (χ0) is 27.6. The molecule has 2 aromatic rings. The number of hydrogen-bond acceptors (Lipinski definition) is 5. The van der Waals surface area contributed by atoms with Gasteiger partial charge in [0.25, 0.3) is 0 Å². The Hall–Kier alpha value is -2.99. The Morgan fingerprint density at radius 1 is 1.03 bits per heavy atom. The molecule has 1 aliphatic carbocycles. The first-order valence-corrected chi connectivity index (χ1v) is 12.6. The lowest BCUT2D eigenvalue weighted by Crippen LogP contribution is -2.51. The number of ether oxygens (including phenoxy) is 1.